The van der Waals surface area contributed by atoms with Crippen molar-refractivity contribution < 1.29 is 4.79 Å². The first kappa shape index (κ1) is 11.6. The maximum absolute atomic E-state index is 11.7. The van der Waals surface area contributed by atoms with Crippen LogP contribution >= 0.6 is 0 Å². The minimum absolute atomic E-state index is 0.217. The van der Waals surface area contributed by atoms with E-state index in [-0.39, 0.29) is 5.91 Å². The standard InChI is InChI=1S/C12H16N4O/c1-16-8-5-10(6-9-16)14-15-12(17)11-4-2-3-7-13-11/h2-5,7,14H,6,8-9H2,1H3,(H,15,17). The minimum atomic E-state index is -0.217. The highest BCUT2D eigenvalue weighted by molar-refractivity contribution is 5.91. The van der Waals surface area contributed by atoms with Crippen LogP contribution in [0.25, 0.3) is 0 Å². The summed E-state index contributed by atoms with van der Waals surface area (Å²) in [5.41, 5.74) is 7.04. The number of hydrogen-bond donors (Lipinski definition) is 2. The van der Waals surface area contributed by atoms with Gasteiger partial charge in [0.1, 0.15) is 5.69 Å². The third-order valence-electron chi connectivity index (χ3n) is 2.65. The Hall–Kier alpha value is -1.88. The van der Waals surface area contributed by atoms with Crippen LogP contribution in [0.4, 0.5) is 0 Å². The molecule has 0 saturated heterocycles. The lowest BCUT2D eigenvalue weighted by atomic mass is 10.2. The summed E-state index contributed by atoms with van der Waals surface area (Å²) in [5.74, 6) is -0.217. The molecule has 0 radical (unpaired) electrons. The summed E-state index contributed by atoms with van der Waals surface area (Å²) in [7, 11) is 2.07. The summed E-state index contributed by atoms with van der Waals surface area (Å²) < 4.78 is 0. The summed E-state index contributed by atoms with van der Waals surface area (Å²) in [4.78, 5) is 17.9. The van der Waals surface area contributed by atoms with Crippen molar-refractivity contribution in [2.75, 3.05) is 20.1 Å². The zero-order valence-electron chi connectivity index (χ0n) is 9.81. The lowest BCUT2D eigenvalue weighted by molar-refractivity contribution is 0.0932. The van der Waals surface area contributed by atoms with Gasteiger partial charge in [-0.3, -0.25) is 15.2 Å². The highest BCUT2D eigenvalue weighted by atomic mass is 16.2. The van der Waals surface area contributed by atoms with Gasteiger partial charge in [0.15, 0.2) is 0 Å². The molecule has 0 saturated carbocycles. The molecule has 2 N–H and O–H groups in total. The molecule has 5 nitrogen and oxygen atoms in total. The molecular formula is C12H16N4O. The van der Waals surface area contributed by atoms with Crippen LogP contribution in [0.5, 0.6) is 0 Å². The Bertz CT molecular complexity index is 416. The van der Waals surface area contributed by atoms with E-state index in [0.29, 0.717) is 5.69 Å². The predicted octanol–water partition coefficient (Wildman–Crippen LogP) is 0.535. The van der Waals surface area contributed by atoms with E-state index in [1.54, 1.807) is 24.4 Å². The largest absolute Gasteiger partial charge is 0.303 e. The molecule has 2 heterocycles. The average Bonchev–Trinajstić information content (AvgIpc) is 2.39. The monoisotopic (exact) mass is 232 g/mol. The van der Waals surface area contributed by atoms with E-state index in [2.05, 4.69) is 33.9 Å². The van der Waals surface area contributed by atoms with Gasteiger partial charge in [-0.2, -0.15) is 0 Å². The molecule has 1 amide bonds. The average molecular weight is 232 g/mol. The fourth-order valence-corrected chi connectivity index (χ4v) is 1.58. The van der Waals surface area contributed by atoms with Gasteiger partial charge >= 0.3 is 0 Å². The molecule has 1 aromatic rings. The van der Waals surface area contributed by atoms with E-state index in [0.717, 1.165) is 25.2 Å². The highest BCUT2D eigenvalue weighted by Crippen LogP contribution is 2.04. The molecule has 5 heteroatoms. The molecule has 2 rings (SSSR count). The number of carbonyl (C=O) groups excluding carboxylic acids is 1. The molecule has 1 aromatic heterocycles. The van der Waals surface area contributed by atoms with Gasteiger partial charge in [0.25, 0.3) is 5.91 Å². The molecule has 0 spiro atoms. The van der Waals surface area contributed by atoms with Crippen LogP contribution in [0, 0.1) is 0 Å². The van der Waals surface area contributed by atoms with Crippen LogP contribution in [0.2, 0.25) is 0 Å². The molecule has 0 unspecified atom stereocenters. The number of aromatic nitrogens is 1. The molecule has 1 aliphatic rings. The van der Waals surface area contributed by atoms with Crippen LogP contribution in [0.15, 0.2) is 36.2 Å². The maximum atomic E-state index is 11.7. The van der Waals surface area contributed by atoms with Crippen molar-refractivity contribution in [2.45, 2.75) is 6.42 Å². The topological polar surface area (TPSA) is 57.3 Å². The second-order valence-corrected chi connectivity index (χ2v) is 4.04. The number of carbonyl (C=O) groups is 1. The number of nitrogens with one attached hydrogen (secondary N) is 2. The van der Waals surface area contributed by atoms with Crippen LogP contribution in [-0.2, 0) is 0 Å². The third-order valence-corrected chi connectivity index (χ3v) is 2.65. The zero-order chi connectivity index (χ0) is 12.1. The number of likely N-dealkylation sites (N-methyl/N-ethyl adjacent to an activating group) is 1. The van der Waals surface area contributed by atoms with Gasteiger partial charge in [-0.05, 0) is 25.3 Å². The second kappa shape index (κ2) is 5.45. The van der Waals surface area contributed by atoms with E-state index >= 15 is 0 Å². The maximum Gasteiger partial charge on any atom is 0.288 e. The zero-order valence-corrected chi connectivity index (χ0v) is 9.81. The quantitative estimate of drug-likeness (QED) is 0.747. The van der Waals surface area contributed by atoms with E-state index in [9.17, 15) is 4.79 Å². The Morgan fingerprint density at radius 3 is 3.00 bits per heavy atom. The van der Waals surface area contributed by atoms with E-state index < -0.39 is 0 Å². The lowest BCUT2D eigenvalue weighted by Gasteiger charge is -2.22. The number of amides is 1. The number of nitrogens with zero attached hydrogens (tertiary/aromatic N) is 2. The molecule has 0 fully saturated rings. The SMILES string of the molecule is CN1CC=C(NNC(=O)c2ccccn2)CC1. The Balaban J connectivity index is 1.85. The Morgan fingerprint density at radius 1 is 1.47 bits per heavy atom. The van der Waals surface area contributed by atoms with Gasteiger partial charge in [0, 0.05) is 31.4 Å². The van der Waals surface area contributed by atoms with Gasteiger partial charge in [-0.15, -0.1) is 0 Å². The summed E-state index contributed by atoms with van der Waals surface area (Å²) in [5, 5.41) is 0. The van der Waals surface area contributed by atoms with Crippen molar-refractivity contribution in [3.05, 3.63) is 41.9 Å². The van der Waals surface area contributed by atoms with Crippen LogP contribution in [-0.4, -0.2) is 35.9 Å². The van der Waals surface area contributed by atoms with Gasteiger partial charge in [0.2, 0.25) is 0 Å². The van der Waals surface area contributed by atoms with E-state index in [4.69, 9.17) is 0 Å². The molecule has 1 aliphatic heterocycles. The minimum Gasteiger partial charge on any atom is -0.303 e. The third kappa shape index (κ3) is 3.29. The molecule has 0 aliphatic carbocycles. The first-order chi connectivity index (χ1) is 8.25. The van der Waals surface area contributed by atoms with Crippen molar-refractivity contribution >= 4 is 5.91 Å². The molecule has 90 valence electrons. The molecule has 0 aromatic carbocycles. The number of rotatable bonds is 3. The molecular weight excluding hydrogens is 216 g/mol. The molecule has 0 atom stereocenters. The fraction of sp³-hybridized carbons (Fsp3) is 0.333. The molecule has 17 heavy (non-hydrogen) atoms. The van der Waals surface area contributed by atoms with E-state index in [1.807, 2.05) is 0 Å². The highest BCUT2D eigenvalue weighted by Gasteiger charge is 2.09. The van der Waals surface area contributed by atoms with Crippen molar-refractivity contribution in [1.29, 1.82) is 0 Å². The molecule has 0 bridgehead atoms. The first-order valence-corrected chi connectivity index (χ1v) is 5.60. The smallest absolute Gasteiger partial charge is 0.288 e. The lowest BCUT2D eigenvalue weighted by Crippen LogP contribution is -2.39. The number of hydrazine groups is 1. The Labute approximate surface area is 101 Å². The summed E-state index contributed by atoms with van der Waals surface area (Å²) in [6.07, 6.45) is 4.59. The predicted molar refractivity (Wildman–Crippen MR) is 65.0 cm³/mol. The van der Waals surface area contributed by atoms with Gasteiger partial charge in [-0.25, -0.2) is 0 Å². The second-order valence-electron chi connectivity index (χ2n) is 4.04. The summed E-state index contributed by atoms with van der Waals surface area (Å²) >= 11 is 0. The fourth-order valence-electron chi connectivity index (χ4n) is 1.58. The van der Waals surface area contributed by atoms with Crippen LogP contribution in [0.3, 0.4) is 0 Å². The van der Waals surface area contributed by atoms with Crippen LogP contribution in [0.1, 0.15) is 16.9 Å². The number of pyridine rings is 1. The Kier molecular flexibility index (Phi) is 3.72. The first-order valence-electron chi connectivity index (χ1n) is 5.60. The van der Waals surface area contributed by atoms with E-state index in [1.165, 1.54) is 0 Å². The van der Waals surface area contributed by atoms with Gasteiger partial charge < -0.3 is 10.3 Å². The van der Waals surface area contributed by atoms with Crippen molar-refractivity contribution in [3.8, 4) is 0 Å². The number of hydrogen-bond acceptors (Lipinski definition) is 4. The van der Waals surface area contributed by atoms with Crippen molar-refractivity contribution in [2.24, 2.45) is 0 Å². The van der Waals surface area contributed by atoms with Gasteiger partial charge in [-0.1, -0.05) is 6.07 Å². The van der Waals surface area contributed by atoms with Crippen molar-refractivity contribution in [1.82, 2.24) is 20.7 Å². The van der Waals surface area contributed by atoms with Crippen LogP contribution < -0.4 is 10.9 Å². The summed E-state index contributed by atoms with van der Waals surface area (Å²) in [6.45, 7) is 1.90. The summed E-state index contributed by atoms with van der Waals surface area (Å²) in [6, 6.07) is 5.25. The van der Waals surface area contributed by atoms with Gasteiger partial charge in [0.05, 0.1) is 0 Å². The normalized spacial score (nSPS) is 16.2. The van der Waals surface area contributed by atoms with Crippen molar-refractivity contribution in [3.63, 3.8) is 0 Å². The Morgan fingerprint density at radius 2 is 2.35 bits per heavy atom.